The molecule has 3 aromatic carbocycles. The molecule has 1 fully saturated rings. The van der Waals surface area contributed by atoms with Crippen molar-refractivity contribution in [3.8, 4) is 0 Å². The molecule has 1 aliphatic rings. The minimum atomic E-state index is -3.75. The van der Waals surface area contributed by atoms with Crippen LogP contribution in [-0.4, -0.2) is 45.4 Å². The number of benzene rings is 3. The Morgan fingerprint density at radius 2 is 1.69 bits per heavy atom. The summed E-state index contributed by atoms with van der Waals surface area (Å²) in [5.41, 5.74) is 2.64. The van der Waals surface area contributed by atoms with Gasteiger partial charge in [0.25, 0.3) is 15.7 Å². The van der Waals surface area contributed by atoms with E-state index in [9.17, 15) is 23.3 Å². The number of aryl methyl sites for hydroxylation is 1. The Kier molecular flexibility index (Phi) is 7.47. The van der Waals surface area contributed by atoms with E-state index in [4.69, 9.17) is 4.74 Å². The molecule has 36 heavy (non-hydrogen) atoms. The number of allylic oxidation sites excluding steroid dienone is 1. The average Bonchev–Trinajstić information content (AvgIpc) is 2.88. The number of morpholine rings is 1. The summed E-state index contributed by atoms with van der Waals surface area (Å²) in [6.45, 7) is 4.05. The van der Waals surface area contributed by atoms with Gasteiger partial charge in [-0.1, -0.05) is 29.8 Å². The maximum atomic E-state index is 12.6. The molecule has 9 nitrogen and oxygen atoms in total. The van der Waals surface area contributed by atoms with Gasteiger partial charge in [-0.25, -0.2) is 8.42 Å². The molecule has 0 unspecified atom stereocenters. The van der Waals surface area contributed by atoms with Gasteiger partial charge in [-0.2, -0.15) is 0 Å². The van der Waals surface area contributed by atoms with Gasteiger partial charge in [-0.15, -0.1) is 0 Å². The van der Waals surface area contributed by atoms with Crippen molar-refractivity contribution in [2.45, 2.75) is 11.8 Å². The summed E-state index contributed by atoms with van der Waals surface area (Å²) in [6.07, 6.45) is 2.85. The van der Waals surface area contributed by atoms with E-state index >= 15 is 0 Å². The van der Waals surface area contributed by atoms with Gasteiger partial charge in [0.1, 0.15) is 5.69 Å². The summed E-state index contributed by atoms with van der Waals surface area (Å²) in [5, 5.41) is 11.6. The van der Waals surface area contributed by atoms with Crippen LogP contribution in [0.3, 0.4) is 0 Å². The summed E-state index contributed by atoms with van der Waals surface area (Å²) in [7, 11) is -3.75. The topological polar surface area (TPSA) is 119 Å². The molecule has 10 heteroatoms. The number of carbonyl (C=O) groups excluding carboxylic acids is 1. The fourth-order valence-electron chi connectivity index (χ4n) is 3.76. The largest absolute Gasteiger partial charge is 0.378 e. The van der Waals surface area contributed by atoms with Gasteiger partial charge < -0.3 is 9.64 Å². The van der Waals surface area contributed by atoms with Crippen molar-refractivity contribution >= 4 is 38.9 Å². The predicted octanol–water partition coefficient (Wildman–Crippen LogP) is 4.44. The Bertz CT molecular complexity index is 1390. The Balaban J connectivity index is 1.45. The van der Waals surface area contributed by atoms with Crippen LogP contribution in [0.2, 0.25) is 0 Å². The van der Waals surface area contributed by atoms with Crippen LogP contribution < -0.4 is 9.62 Å². The van der Waals surface area contributed by atoms with Gasteiger partial charge in [0, 0.05) is 30.4 Å². The molecule has 0 aromatic heterocycles. The molecule has 1 N–H and O–H groups in total. The summed E-state index contributed by atoms with van der Waals surface area (Å²) >= 11 is 0. The number of hydrogen-bond donors (Lipinski definition) is 1. The fourth-order valence-corrected chi connectivity index (χ4v) is 4.82. The lowest BCUT2D eigenvalue weighted by molar-refractivity contribution is -0.384. The van der Waals surface area contributed by atoms with Gasteiger partial charge in [0.15, 0.2) is 5.78 Å². The third-order valence-electron chi connectivity index (χ3n) is 5.73. The van der Waals surface area contributed by atoms with Crippen LogP contribution in [0.1, 0.15) is 21.5 Å². The molecule has 0 bridgehead atoms. The van der Waals surface area contributed by atoms with E-state index < -0.39 is 14.9 Å². The van der Waals surface area contributed by atoms with Crippen molar-refractivity contribution in [2.24, 2.45) is 0 Å². The quantitative estimate of drug-likeness (QED) is 0.207. The van der Waals surface area contributed by atoms with Gasteiger partial charge >= 0.3 is 0 Å². The number of nitro groups is 1. The Hall–Kier alpha value is -4.02. The summed E-state index contributed by atoms with van der Waals surface area (Å²) in [4.78, 5) is 25.9. The molecule has 1 aliphatic heterocycles. The minimum Gasteiger partial charge on any atom is -0.378 e. The molecular formula is C26H25N3O6S. The van der Waals surface area contributed by atoms with E-state index in [-0.39, 0.29) is 16.4 Å². The Morgan fingerprint density at radius 1 is 1.03 bits per heavy atom. The highest BCUT2D eigenvalue weighted by Gasteiger charge is 2.21. The second kappa shape index (κ2) is 10.7. The van der Waals surface area contributed by atoms with Crippen molar-refractivity contribution in [2.75, 3.05) is 35.9 Å². The maximum absolute atomic E-state index is 12.6. The van der Waals surface area contributed by atoms with E-state index in [1.165, 1.54) is 54.6 Å². The van der Waals surface area contributed by atoms with Crippen molar-refractivity contribution < 1.29 is 22.9 Å². The summed E-state index contributed by atoms with van der Waals surface area (Å²) in [6, 6.07) is 17.4. The van der Waals surface area contributed by atoms with Crippen LogP contribution in [-0.2, 0) is 14.8 Å². The number of hydrogen-bond acceptors (Lipinski definition) is 7. The first kappa shape index (κ1) is 25.1. The number of ketones is 1. The van der Waals surface area contributed by atoms with Crippen molar-refractivity contribution in [3.63, 3.8) is 0 Å². The molecule has 0 atom stereocenters. The zero-order chi connectivity index (χ0) is 25.7. The smallest absolute Gasteiger partial charge is 0.293 e. The molecule has 0 radical (unpaired) electrons. The van der Waals surface area contributed by atoms with Crippen LogP contribution in [0.25, 0.3) is 6.08 Å². The third kappa shape index (κ3) is 5.96. The Morgan fingerprint density at radius 3 is 2.33 bits per heavy atom. The van der Waals surface area contributed by atoms with Crippen molar-refractivity contribution in [3.05, 3.63) is 99.6 Å². The van der Waals surface area contributed by atoms with E-state index in [1.54, 1.807) is 24.3 Å². The first-order valence-electron chi connectivity index (χ1n) is 11.3. The zero-order valence-electron chi connectivity index (χ0n) is 19.6. The minimum absolute atomic E-state index is 0.0308. The fraction of sp³-hybridized carbons (Fsp3) is 0.192. The lowest BCUT2D eigenvalue weighted by atomic mass is 10.1. The number of sulfonamides is 1. The molecule has 186 valence electrons. The van der Waals surface area contributed by atoms with E-state index in [0.717, 1.165) is 5.56 Å². The number of nitro benzene ring substituents is 1. The molecule has 0 spiro atoms. The number of ether oxygens (including phenoxy) is 1. The average molecular weight is 508 g/mol. The number of anilines is 2. The SMILES string of the molecule is Cc1ccc(S(=O)(=O)Nc2ccc(C(=O)/C=C/c3ccc(N4CCOCC4)c([N+](=O)[O-])c3)cc2)cc1. The zero-order valence-corrected chi connectivity index (χ0v) is 20.4. The highest BCUT2D eigenvalue weighted by Crippen LogP contribution is 2.30. The van der Waals surface area contributed by atoms with Crippen molar-refractivity contribution in [1.29, 1.82) is 0 Å². The van der Waals surface area contributed by atoms with Crippen molar-refractivity contribution in [1.82, 2.24) is 0 Å². The maximum Gasteiger partial charge on any atom is 0.293 e. The highest BCUT2D eigenvalue weighted by molar-refractivity contribution is 7.92. The monoisotopic (exact) mass is 507 g/mol. The number of nitrogens with one attached hydrogen (secondary N) is 1. The first-order chi connectivity index (χ1) is 17.2. The molecule has 0 amide bonds. The van der Waals surface area contributed by atoms with E-state index in [2.05, 4.69) is 4.72 Å². The second-order valence-electron chi connectivity index (χ2n) is 8.30. The second-order valence-corrected chi connectivity index (χ2v) is 9.98. The van der Waals surface area contributed by atoms with Crippen LogP contribution in [0, 0.1) is 17.0 Å². The molecule has 4 rings (SSSR count). The van der Waals surface area contributed by atoms with E-state index in [0.29, 0.717) is 48.8 Å². The van der Waals surface area contributed by atoms with Crippen LogP contribution in [0.15, 0.2) is 77.7 Å². The highest BCUT2D eigenvalue weighted by atomic mass is 32.2. The molecule has 0 saturated carbocycles. The van der Waals surface area contributed by atoms with Gasteiger partial charge in [-0.05, 0) is 61.0 Å². The lowest BCUT2D eigenvalue weighted by Gasteiger charge is -2.28. The van der Waals surface area contributed by atoms with Crippen LogP contribution in [0.5, 0.6) is 0 Å². The van der Waals surface area contributed by atoms with E-state index in [1.807, 2.05) is 11.8 Å². The molecule has 3 aromatic rings. The van der Waals surface area contributed by atoms with Gasteiger partial charge in [-0.3, -0.25) is 19.6 Å². The molecule has 1 heterocycles. The van der Waals surface area contributed by atoms with Crippen LogP contribution in [0.4, 0.5) is 17.1 Å². The molecule has 0 aliphatic carbocycles. The van der Waals surface area contributed by atoms with Crippen LogP contribution >= 0.6 is 0 Å². The number of carbonyl (C=O) groups is 1. The summed E-state index contributed by atoms with van der Waals surface area (Å²) < 4.78 is 32.9. The first-order valence-corrected chi connectivity index (χ1v) is 12.7. The lowest BCUT2D eigenvalue weighted by Crippen LogP contribution is -2.36. The van der Waals surface area contributed by atoms with Gasteiger partial charge in [0.2, 0.25) is 0 Å². The molecular weight excluding hydrogens is 482 g/mol. The number of nitrogens with zero attached hydrogens (tertiary/aromatic N) is 2. The third-order valence-corrected chi connectivity index (χ3v) is 7.13. The number of rotatable bonds is 8. The normalized spacial score (nSPS) is 14.1. The predicted molar refractivity (Wildman–Crippen MR) is 138 cm³/mol. The van der Waals surface area contributed by atoms with Gasteiger partial charge in [0.05, 0.1) is 23.0 Å². The standard InChI is InChI=1S/C26H25N3O6S/c1-19-2-10-23(11-3-19)36(33,34)27-22-8-6-21(7-9-22)26(30)13-5-20-4-12-24(25(18-20)29(31)32)28-14-16-35-17-15-28/h2-13,18,27H,14-17H2,1H3/b13-5+. The Labute approximate surface area is 209 Å². The summed E-state index contributed by atoms with van der Waals surface area (Å²) in [5.74, 6) is -0.317. The molecule has 1 saturated heterocycles.